The zero-order chi connectivity index (χ0) is 22.1. The predicted molar refractivity (Wildman–Crippen MR) is 117 cm³/mol. The Morgan fingerprint density at radius 3 is 2.56 bits per heavy atom. The molecule has 0 saturated carbocycles. The van der Waals surface area contributed by atoms with Gasteiger partial charge in [0.2, 0.25) is 0 Å². The second kappa shape index (κ2) is 6.50. The van der Waals surface area contributed by atoms with Crippen molar-refractivity contribution in [1.29, 1.82) is 0 Å². The molecule has 1 saturated heterocycles. The minimum atomic E-state index is -1.34. The SMILES string of the molecule is CN1C[C@H](c2ccccc2F)[C@@]2(COc3ccccc3C2=O)[C@@]12C(=O)Nc1ccccc12. The van der Waals surface area contributed by atoms with E-state index in [4.69, 9.17) is 4.74 Å². The summed E-state index contributed by atoms with van der Waals surface area (Å²) >= 11 is 0. The molecule has 3 atom stereocenters. The molecule has 1 fully saturated rings. The number of Topliss-reactive ketones (excluding diaryl/α,β-unsaturated/α-hetero) is 1. The molecule has 6 rings (SSSR count). The van der Waals surface area contributed by atoms with Gasteiger partial charge in [0, 0.05) is 23.7 Å². The highest BCUT2D eigenvalue weighted by atomic mass is 19.1. The number of likely N-dealkylation sites (tertiary alicyclic amines) is 1. The number of halogens is 1. The number of ketones is 1. The van der Waals surface area contributed by atoms with E-state index in [2.05, 4.69) is 5.32 Å². The number of ether oxygens (including phenoxy) is 1. The maximum atomic E-state index is 15.1. The smallest absolute Gasteiger partial charge is 0.250 e. The van der Waals surface area contributed by atoms with Crippen molar-refractivity contribution in [3.63, 3.8) is 0 Å². The van der Waals surface area contributed by atoms with Crippen LogP contribution in [0.15, 0.2) is 72.8 Å². The Bertz CT molecular complexity index is 1290. The van der Waals surface area contributed by atoms with Crippen LogP contribution >= 0.6 is 0 Å². The van der Waals surface area contributed by atoms with Gasteiger partial charge in [0.15, 0.2) is 5.78 Å². The second-order valence-corrected chi connectivity index (χ2v) is 8.75. The Labute approximate surface area is 184 Å². The molecule has 3 aromatic carbocycles. The number of anilines is 1. The van der Waals surface area contributed by atoms with E-state index >= 15 is 4.39 Å². The molecule has 3 heterocycles. The summed E-state index contributed by atoms with van der Waals surface area (Å²) < 4.78 is 21.3. The molecule has 0 bridgehead atoms. The van der Waals surface area contributed by atoms with E-state index < -0.39 is 16.9 Å². The molecule has 0 aliphatic carbocycles. The first-order valence-electron chi connectivity index (χ1n) is 10.6. The summed E-state index contributed by atoms with van der Waals surface area (Å²) in [6, 6.07) is 21.0. The van der Waals surface area contributed by atoms with Crippen LogP contribution in [-0.4, -0.2) is 36.8 Å². The van der Waals surface area contributed by atoms with Crippen LogP contribution in [0.1, 0.15) is 27.4 Å². The van der Waals surface area contributed by atoms with Gasteiger partial charge >= 0.3 is 0 Å². The molecule has 3 aliphatic rings. The number of fused-ring (bicyclic) bond motifs is 4. The number of nitrogens with zero attached hydrogens (tertiary/aromatic N) is 1. The zero-order valence-electron chi connectivity index (χ0n) is 17.5. The maximum Gasteiger partial charge on any atom is 0.250 e. The number of amides is 1. The van der Waals surface area contributed by atoms with Crippen LogP contribution in [0.4, 0.5) is 10.1 Å². The average molecular weight is 428 g/mol. The van der Waals surface area contributed by atoms with Crippen molar-refractivity contribution in [2.24, 2.45) is 5.41 Å². The van der Waals surface area contributed by atoms with Gasteiger partial charge in [-0.1, -0.05) is 48.5 Å². The summed E-state index contributed by atoms with van der Waals surface area (Å²) in [7, 11) is 1.83. The molecule has 1 N–H and O–H groups in total. The highest BCUT2D eigenvalue weighted by Gasteiger charge is 2.75. The topological polar surface area (TPSA) is 58.6 Å². The molecular weight excluding hydrogens is 407 g/mol. The van der Waals surface area contributed by atoms with Crippen LogP contribution in [0, 0.1) is 11.2 Å². The fourth-order valence-corrected chi connectivity index (χ4v) is 6.15. The predicted octanol–water partition coefficient (Wildman–Crippen LogP) is 3.96. The highest BCUT2D eigenvalue weighted by Crippen LogP contribution is 2.64. The van der Waals surface area contributed by atoms with Gasteiger partial charge in [-0.25, -0.2) is 4.39 Å². The van der Waals surface area contributed by atoms with Gasteiger partial charge in [-0.05, 0) is 36.9 Å². The highest BCUT2D eigenvalue weighted by molar-refractivity contribution is 6.15. The number of rotatable bonds is 1. The van der Waals surface area contributed by atoms with Crippen molar-refractivity contribution in [3.8, 4) is 5.75 Å². The summed E-state index contributed by atoms with van der Waals surface area (Å²) in [4.78, 5) is 30.1. The molecule has 3 aromatic rings. The first-order valence-corrected chi connectivity index (χ1v) is 10.6. The fraction of sp³-hybridized carbons (Fsp3) is 0.231. The number of carbonyl (C=O) groups excluding carboxylic acids is 2. The third-order valence-corrected chi connectivity index (χ3v) is 7.44. The molecule has 0 radical (unpaired) electrons. The monoisotopic (exact) mass is 428 g/mol. The molecule has 5 nitrogen and oxygen atoms in total. The molecule has 32 heavy (non-hydrogen) atoms. The van der Waals surface area contributed by atoms with E-state index in [1.807, 2.05) is 42.3 Å². The Morgan fingerprint density at radius 2 is 1.72 bits per heavy atom. The minimum Gasteiger partial charge on any atom is -0.492 e. The normalized spacial score (nSPS) is 28.5. The average Bonchev–Trinajstić information content (AvgIpc) is 3.25. The van der Waals surface area contributed by atoms with Crippen LogP contribution in [0.25, 0.3) is 0 Å². The minimum absolute atomic E-state index is 0.0199. The molecule has 2 spiro atoms. The number of hydrogen-bond donors (Lipinski definition) is 1. The number of para-hydroxylation sites is 2. The van der Waals surface area contributed by atoms with Gasteiger partial charge in [-0.2, -0.15) is 0 Å². The Morgan fingerprint density at radius 1 is 1.00 bits per heavy atom. The Hall–Kier alpha value is -3.51. The molecule has 1 amide bonds. The lowest BCUT2D eigenvalue weighted by Crippen LogP contribution is -2.62. The molecular formula is C26H21FN2O3. The third-order valence-electron chi connectivity index (χ3n) is 7.44. The summed E-state index contributed by atoms with van der Waals surface area (Å²) in [5.74, 6) is -0.945. The molecule has 6 heteroatoms. The van der Waals surface area contributed by atoms with Crippen molar-refractivity contribution in [3.05, 3.63) is 95.3 Å². The van der Waals surface area contributed by atoms with Crippen LogP contribution in [0.5, 0.6) is 5.75 Å². The first-order chi connectivity index (χ1) is 15.5. The van der Waals surface area contributed by atoms with Gasteiger partial charge in [0.05, 0.1) is 5.56 Å². The van der Waals surface area contributed by atoms with Gasteiger partial charge in [0.25, 0.3) is 5.91 Å². The van der Waals surface area contributed by atoms with Crippen LogP contribution in [0.3, 0.4) is 0 Å². The van der Waals surface area contributed by atoms with E-state index in [-0.39, 0.29) is 24.1 Å². The fourth-order valence-electron chi connectivity index (χ4n) is 6.15. The summed E-state index contributed by atoms with van der Waals surface area (Å²) in [5.41, 5.74) is -0.417. The van der Waals surface area contributed by atoms with Crippen LogP contribution in [-0.2, 0) is 10.3 Å². The number of nitrogens with one attached hydrogen (secondary N) is 1. The second-order valence-electron chi connectivity index (χ2n) is 8.75. The lowest BCUT2D eigenvalue weighted by molar-refractivity contribution is -0.131. The number of carbonyl (C=O) groups is 2. The molecule has 160 valence electrons. The van der Waals surface area contributed by atoms with Crippen LogP contribution in [0.2, 0.25) is 0 Å². The van der Waals surface area contributed by atoms with E-state index in [0.29, 0.717) is 29.1 Å². The Balaban J connectivity index is 1.69. The number of likely N-dealkylation sites (N-methyl/N-ethyl adjacent to an activating group) is 1. The van der Waals surface area contributed by atoms with Crippen molar-refractivity contribution in [2.45, 2.75) is 11.5 Å². The maximum absolute atomic E-state index is 15.1. The van der Waals surface area contributed by atoms with E-state index in [1.54, 1.807) is 36.4 Å². The van der Waals surface area contributed by atoms with E-state index in [9.17, 15) is 9.59 Å². The van der Waals surface area contributed by atoms with Gasteiger partial charge < -0.3 is 10.1 Å². The number of hydrogen-bond acceptors (Lipinski definition) is 4. The zero-order valence-corrected chi connectivity index (χ0v) is 17.5. The van der Waals surface area contributed by atoms with Crippen molar-refractivity contribution in [1.82, 2.24) is 4.90 Å². The lowest BCUT2D eigenvalue weighted by atomic mass is 9.57. The third kappa shape index (κ3) is 2.10. The van der Waals surface area contributed by atoms with E-state index in [0.717, 1.165) is 5.56 Å². The largest absolute Gasteiger partial charge is 0.492 e. The molecule has 0 aromatic heterocycles. The van der Waals surface area contributed by atoms with Crippen molar-refractivity contribution < 1.29 is 18.7 Å². The standard InChI is InChI=1S/C26H21FN2O3/c1-29-14-19(16-8-2-5-11-20(16)27)25(15-32-22-13-7-3-9-17(22)23(25)30)26(29)18-10-4-6-12-21(18)28-24(26)31/h2-13,19H,14-15H2,1H3,(H,28,31)/t19-,25-,26-/m1/s1. The lowest BCUT2D eigenvalue weighted by Gasteiger charge is -2.47. The summed E-state index contributed by atoms with van der Waals surface area (Å²) in [6.45, 7) is 0.313. The number of benzene rings is 3. The van der Waals surface area contributed by atoms with Gasteiger partial charge in [0.1, 0.15) is 29.1 Å². The van der Waals surface area contributed by atoms with Crippen LogP contribution < -0.4 is 10.1 Å². The van der Waals surface area contributed by atoms with Gasteiger partial charge in [-0.15, -0.1) is 0 Å². The quantitative estimate of drug-likeness (QED) is 0.637. The molecule has 3 aliphatic heterocycles. The van der Waals surface area contributed by atoms with Gasteiger partial charge in [-0.3, -0.25) is 14.5 Å². The Kier molecular flexibility index (Phi) is 3.90. The summed E-state index contributed by atoms with van der Waals surface area (Å²) in [6.07, 6.45) is 0. The first kappa shape index (κ1) is 19.2. The van der Waals surface area contributed by atoms with Crippen molar-refractivity contribution in [2.75, 3.05) is 25.5 Å². The molecule has 0 unspecified atom stereocenters. The summed E-state index contributed by atoms with van der Waals surface area (Å²) in [5, 5.41) is 2.98. The van der Waals surface area contributed by atoms with Crippen molar-refractivity contribution >= 4 is 17.4 Å². The van der Waals surface area contributed by atoms with E-state index in [1.165, 1.54) is 6.07 Å².